The molecule has 1 N–H and O–H groups in total. The van der Waals surface area contributed by atoms with Crippen LogP contribution in [0.15, 0.2) is 57.8 Å². The Balaban J connectivity index is 2.03. The van der Waals surface area contributed by atoms with Crippen molar-refractivity contribution in [3.63, 3.8) is 0 Å². The molecule has 130 valence electrons. The summed E-state index contributed by atoms with van der Waals surface area (Å²) in [4.78, 5) is -0.00827. The fraction of sp³-hybridized carbons (Fsp3) is 0.176. The zero-order valence-electron chi connectivity index (χ0n) is 13.6. The third kappa shape index (κ3) is 3.75. The first kappa shape index (κ1) is 17.2. The van der Waals surface area contributed by atoms with Crippen LogP contribution >= 0.6 is 0 Å². The smallest absolute Gasteiger partial charge is 0.241 e. The van der Waals surface area contributed by atoms with Gasteiger partial charge in [-0.2, -0.15) is 4.72 Å². The lowest BCUT2D eigenvalue weighted by atomic mass is 10.1. The van der Waals surface area contributed by atoms with Crippen LogP contribution in [0.1, 0.15) is 29.0 Å². The molecular weight excluding hydrogens is 345 g/mol. The molecule has 0 fully saturated rings. The summed E-state index contributed by atoms with van der Waals surface area (Å²) in [6, 6.07) is 11.5. The maximum atomic E-state index is 13.3. The largest absolute Gasteiger partial charge is 0.423 e. The monoisotopic (exact) mass is 361 g/mol. The average Bonchev–Trinajstić information content (AvgIpc) is 2.99. The van der Waals surface area contributed by atoms with Crippen LogP contribution in [0.25, 0.3) is 0 Å². The summed E-state index contributed by atoms with van der Waals surface area (Å²) < 4.78 is 46.9. The van der Waals surface area contributed by atoms with Crippen molar-refractivity contribution >= 4 is 10.0 Å². The summed E-state index contributed by atoms with van der Waals surface area (Å²) >= 11 is 0. The van der Waals surface area contributed by atoms with Gasteiger partial charge in [-0.3, -0.25) is 0 Å². The van der Waals surface area contributed by atoms with Crippen molar-refractivity contribution in [3.05, 3.63) is 77.3 Å². The third-order valence-corrected chi connectivity index (χ3v) is 5.20. The first-order valence-electron chi connectivity index (χ1n) is 7.50. The highest BCUT2D eigenvalue weighted by atomic mass is 32.2. The average molecular weight is 361 g/mol. The Labute approximate surface area is 144 Å². The normalized spacial score (nSPS) is 12.9. The first-order valence-corrected chi connectivity index (χ1v) is 8.98. The number of aromatic nitrogens is 2. The van der Waals surface area contributed by atoms with Crippen LogP contribution < -0.4 is 4.72 Å². The molecule has 0 saturated heterocycles. The van der Waals surface area contributed by atoms with Crippen LogP contribution in [0.3, 0.4) is 0 Å². The minimum atomic E-state index is -3.94. The minimum Gasteiger partial charge on any atom is -0.423 e. The molecule has 1 heterocycles. The number of hydrogen-bond acceptors (Lipinski definition) is 5. The lowest BCUT2D eigenvalue weighted by molar-refractivity contribution is 0.436. The van der Waals surface area contributed by atoms with Crippen molar-refractivity contribution in [1.29, 1.82) is 0 Å². The maximum Gasteiger partial charge on any atom is 0.241 e. The second-order valence-corrected chi connectivity index (χ2v) is 7.22. The molecule has 2 aromatic carbocycles. The number of hydrogen-bond donors (Lipinski definition) is 1. The van der Waals surface area contributed by atoms with E-state index in [4.69, 9.17) is 4.42 Å². The van der Waals surface area contributed by atoms with Gasteiger partial charge in [-0.25, -0.2) is 12.8 Å². The molecule has 1 aromatic heterocycles. The predicted molar refractivity (Wildman–Crippen MR) is 88.8 cm³/mol. The molecule has 0 amide bonds. The molecule has 0 aliphatic carbocycles. The van der Waals surface area contributed by atoms with Crippen molar-refractivity contribution in [3.8, 4) is 0 Å². The van der Waals surface area contributed by atoms with Gasteiger partial charge in [-0.05, 0) is 36.2 Å². The van der Waals surface area contributed by atoms with E-state index < -0.39 is 21.9 Å². The molecule has 0 saturated carbocycles. The Bertz CT molecular complexity index is 987. The van der Waals surface area contributed by atoms with Crippen LogP contribution in [0, 0.1) is 19.7 Å². The highest BCUT2D eigenvalue weighted by Crippen LogP contribution is 2.25. The number of rotatable bonds is 5. The van der Waals surface area contributed by atoms with Gasteiger partial charge in [0.15, 0.2) is 0 Å². The second-order valence-electron chi connectivity index (χ2n) is 5.53. The van der Waals surface area contributed by atoms with Gasteiger partial charge in [0.2, 0.25) is 21.8 Å². The van der Waals surface area contributed by atoms with Gasteiger partial charge in [0.1, 0.15) is 11.9 Å². The summed E-state index contributed by atoms with van der Waals surface area (Å²) in [6.45, 7) is 3.16. The maximum absolute atomic E-state index is 13.3. The van der Waals surface area contributed by atoms with Gasteiger partial charge < -0.3 is 4.42 Å². The third-order valence-electron chi connectivity index (χ3n) is 3.62. The summed E-state index contributed by atoms with van der Waals surface area (Å²) in [5.74, 6) is -0.0382. The zero-order valence-corrected chi connectivity index (χ0v) is 14.4. The van der Waals surface area contributed by atoms with Gasteiger partial charge in [-0.1, -0.05) is 30.3 Å². The molecule has 0 spiro atoms. The van der Waals surface area contributed by atoms with Gasteiger partial charge in [0.05, 0.1) is 4.90 Å². The van der Waals surface area contributed by atoms with Crippen molar-refractivity contribution in [2.75, 3.05) is 0 Å². The van der Waals surface area contributed by atoms with E-state index in [9.17, 15) is 12.8 Å². The Kier molecular flexibility index (Phi) is 4.65. The van der Waals surface area contributed by atoms with Gasteiger partial charge in [0.25, 0.3) is 0 Å². The molecule has 3 rings (SSSR count). The van der Waals surface area contributed by atoms with Crippen LogP contribution in [0.5, 0.6) is 0 Å². The molecule has 1 atom stereocenters. The number of nitrogens with zero attached hydrogens (tertiary/aromatic N) is 2. The Morgan fingerprint density at radius 3 is 2.40 bits per heavy atom. The van der Waals surface area contributed by atoms with Gasteiger partial charge in [0, 0.05) is 6.92 Å². The van der Waals surface area contributed by atoms with E-state index in [1.54, 1.807) is 31.2 Å². The van der Waals surface area contributed by atoms with Gasteiger partial charge in [-0.15, -0.1) is 10.2 Å². The zero-order chi connectivity index (χ0) is 18.0. The Morgan fingerprint density at radius 2 is 1.80 bits per heavy atom. The standard InChI is InChI=1S/C17H16FN3O3S/c1-11-10-14(18)8-9-15(11)25(22,23)21-16(13-6-4-3-5-7-13)17-20-19-12(2)24-17/h3-10,16,21H,1-2H3. The van der Waals surface area contributed by atoms with Gasteiger partial charge >= 0.3 is 0 Å². The number of benzene rings is 2. The fourth-order valence-electron chi connectivity index (χ4n) is 2.47. The van der Waals surface area contributed by atoms with Crippen LogP contribution in [-0.4, -0.2) is 18.6 Å². The quantitative estimate of drug-likeness (QED) is 0.755. The molecule has 6 nitrogen and oxygen atoms in total. The van der Waals surface area contributed by atoms with E-state index in [0.717, 1.165) is 6.07 Å². The van der Waals surface area contributed by atoms with Crippen LogP contribution in [0.2, 0.25) is 0 Å². The molecule has 0 aliphatic rings. The summed E-state index contributed by atoms with van der Waals surface area (Å²) in [5, 5.41) is 7.70. The molecule has 3 aromatic rings. The molecule has 25 heavy (non-hydrogen) atoms. The van der Waals surface area contributed by atoms with E-state index in [1.165, 1.54) is 19.1 Å². The lowest BCUT2D eigenvalue weighted by Gasteiger charge is -2.17. The first-order chi connectivity index (χ1) is 11.9. The molecule has 0 aliphatic heterocycles. The Morgan fingerprint density at radius 1 is 1.08 bits per heavy atom. The van der Waals surface area contributed by atoms with E-state index in [0.29, 0.717) is 17.0 Å². The molecule has 0 radical (unpaired) electrons. The summed E-state index contributed by atoms with van der Waals surface area (Å²) in [5.41, 5.74) is 0.954. The highest BCUT2D eigenvalue weighted by Gasteiger charge is 2.28. The predicted octanol–water partition coefficient (Wildman–Crippen LogP) is 2.89. The van der Waals surface area contributed by atoms with Crippen LogP contribution in [-0.2, 0) is 10.0 Å². The van der Waals surface area contributed by atoms with Crippen molar-refractivity contribution in [1.82, 2.24) is 14.9 Å². The number of halogens is 1. The van der Waals surface area contributed by atoms with Crippen molar-refractivity contribution in [2.45, 2.75) is 24.8 Å². The topological polar surface area (TPSA) is 85.1 Å². The van der Waals surface area contributed by atoms with E-state index in [1.807, 2.05) is 6.07 Å². The number of nitrogens with one attached hydrogen (secondary N) is 1. The number of sulfonamides is 1. The number of aryl methyl sites for hydroxylation is 2. The minimum absolute atomic E-state index is 0.00827. The lowest BCUT2D eigenvalue weighted by Crippen LogP contribution is -2.30. The van der Waals surface area contributed by atoms with E-state index in [2.05, 4.69) is 14.9 Å². The van der Waals surface area contributed by atoms with E-state index >= 15 is 0 Å². The van der Waals surface area contributed by atoms with Crippen molar-refractivity contribution in [2.24, 2.45) is 0 Å². The molecular formula is C17H16FN3O3S. The SMILES string of the molecule is Cc1nnc(C(NS(=O)(=O)c2ccc(F)cc2C)c2ccccc2)o1. The van der Waals surface area contributed by atoms with E-state index in [-0.39, 0.29) is 10.8 Å². The van der Waals surface area contributed by atoms with Crippen LogP contribution in [0.4, 0.5) is 4.39 Å². The highest BCUT2D eigenvalue weighted by molar-refractivity contribution is 7.89. The fourth-order valence-corrected chi connectivity index (χ4v) is 3.87. The molecule has 1 unspecified atom stereocenters. The van der Waals surface area contributed by atoms with Crippen molar-refractivity contribution < 1.29 is 17.2 Å². The molecule has 8 heteroatoms. The summed E-state index contributed by atoms with van der Waals surface area (Å²) in [7, 11) is -3.94. The second kappa shape index (κ2) is 6.73. The summed E-state index contributed by atoms with van der Waals surface area (Å²) in [6.07, 6.45) is 0. The Hall–Kier alpha value is -2.58. The molecule has 0 bridgehead atoms.